The number of carboxylic acid groups (broad SMARTS) is 1. The average molecular weight is 612 g/mol. The van der Waals surface area contributed by atoms with Crippen molar-refractivity contribution in [3.8, 4) is 17.0 Å². The van der Waals surface area contributed by atoms with Gasteiger partial charge in [0.2, 0.25) is 0 Å². The maximum Gasteiger partial charge on any atom is 0.290 e. The minimum Gasteiger partial charge on any atom is -0.493 e. The first-order valence-electron chi connectivity index (χ1n) is 13.3. The van der Waals surface area contributed by atoms with Crippen molar-refractivity contribution in [3.63, 3.8) is 0 Å². The third-order valence-corrected chi connectivity index (χ3v) is 8.15. The highest BCUT2D eigenvalue weighted by molar-refractivity contribution is 7.92. The molecular weight excluding hydrogens is 580 g/mol. The van der Waals surface area contributed by atoms with Crippen molar-refractivity contribution in [1.82, 2.24) is 14.9 Å². The highest BCUT2D eigenvalue weighted by atomic mass is 32.2. The van der Waals surface area contributed by atoms with E-state index >= 15 is 0 Å². The number of nitrogens with one attached hydrogen (secondary N) is 2. The van der Waals surface area contributed by atoms with Gasteiger partial charge >= 0.3 is 0 Å². The van der Waals surface area contributed by atoms with Crippen molar-refractivity contribution in [2.45, 2.75) is 17.7 Å². The van der Waals surface area contributed by atoms with Gasteiger partial charge in [0.1, 0.15) is 34.4 Å². The standard InChI is InChI=1S/C29H29F2N5O3S.CH2O2/c1-36-14-12-20(13-15-36)18-39-25-9-2-21(3-10-25)27-17-29(33-19-32-27)34-23-5-7-24(8-6-23)35-40(37,38)28-11-4-22(30)16-26(28)31;2-1-3/h2-11,16-17,19-20,35H,12-15,18H2,1H3,(H,32,33,34);1H,(H,2,3). The largest absolute Gasteiger partial charge is 0.493 e. The van der Waals surface area contributed by atoms with Gasteiger partial charge in [-0.1, -0.05) is 0 Å². The molecule has 5 rings (SSSR count). The van der Waals surface area contributed by atoms with Gasteiger partial charge in [-0.05, 0) is 99.6 Å². The topological polar surface area (TPSA) is 134 Å². The number of likely N-dealkylation sites (tertiary alicyclic amines) is 1. The van der Waals surface area contributed by atoms with Crippen molar-refractivity contribution in [3.05, 3.63) is 90.8 Å². The number of carbonyl (C=O) groups is 1. The van der Waals surface area contributed by atoms with E-state index in [-0.39, 0.29) is 12.2 Å². The van der Waals surface area contributed by atoms with Gasteiger partial charge in [-0.25, -0.2) is 27.2 Å². The van der Waals surface area contributed by atoms with Crippen molar-refractivity contribution >= 4 is 33.7 Å². The SMILES string of the molecule is CN1CCC(COc2ccc(-c3cc(Nc4ccc(NS(=O)(=O)c5ccc(F)cc5F)cc4)ncn3)cc2)CC1.O=CO. The van der Waals surface area contributed by atoms with Gasteiger partial charge in [-0.3, -0.25) is 9.52 Å². The van der Waals surface area contributed by atoms with Gasteiger partial charge in [0, 0.05) is 29.1 Å². The maximum atomic E-state index is 14.0. The quantitative estimate of drug-likeness (QED) is 0.213. The summed E-state index contributed by atoms with van der Waals surface area (Å²) in [4.78, 5) is 18.7. The summed E-state index contributed by atoms with van der Waals surface area (Å²) in [5, 5.41) is 10.1. The molecule has 226 valence electrons. The molecule has 0 atom stereocenters. The van der Waals surface area contributed by atoms with Crippen molar-refractivity contribution < 1.29 is 31.8 Å². The lowest BCUT2D eigenvalue weighted by Gasteiger charge is -2.28. The van der Waals surface area contributed by atoms with E-state index in [0.29, 0.717) is 23.5 Å². The third kappa shape index (κ3) is 8.93. The number of aromatic nitrogens is 2. The minimum absolute atomic E-state index is 0.218. The van der Waals surface area contributed by atoms with Crippen molar-refractivity contribution in [1.29, 1.82) is 0 Å². The summed E-state index contributed by atoms with van der Waals surface area (Å²) in [6.45, 7) is 2.69. The van der Waals surface area contributed by atoms with Crippen LogP contribution in [0.5, 0.6) is 5.75 Å². The number of halogens is 2. The lowest BCUT2D eigenvalue weighted by Crippen LogP contribution is -2.32. The zero-order valence-corrected chi connectivity index (χ0v) is 24.1. The number of nitrogens with zero attached hydrogens (tertiary/aromatic N) is 3. The molecule has 3 aromatic carbocycles. The first-order chi connectivity index (χ1) is 20.7. The number of anilines is 3. The van der Waals surface area contributed by atoms with Crippen LogP contribution in [0, 0.1) is 17.6 Å². The van der Waals surface area contributed by atoms with Crippen LogP contribution in [0.4, 0.5) is 26.0 Å². The Bertz CT molecular complexity index is 1620. The predicted molar refractivity (Wildman–Crippen MR) is 159 cm³/mol. The molecule has 43 heavy (non-hydrogen) atoms. The molecule has 0 bridgehead atoms. The Morgan fingerprint density at radius 1 is 0.977 bits per heavy atom. The fourth-order valence-electron chi connectivity index (χ4n) is 4.42. The Morgan fingerprint density at radius 3 is 2.28 bits per heavy atom. The fourth-order valence-corrected chi connectivity index (χ4v) is 5.54. The fraction of sp³-hybridized carbons (Fsp3) is 0.233. The number of sulfonamides is 1. The minimum atomic E-state index is -4.23. The van der Waals surface area contributed by atoms with Crippen LogP contribution in [0.15, 0.2) is 84.0 Å². The van der Waals surface area contributed by atoms with Crippen LogP contribution in [-0.2, 0) is 14.8 Å². The average Bonchev–Trinajstić information content (AvgIpc) is 2.98. The summed E-state index contributed by atoms with van der Waals surface area (Å²) < 4.78 is 60.4. The number of piperidine rings is 1. The molecule has 0 radical (unpaired) electrons. The molecule has 0 unspecified atom stereocenters. The van der Waals surface area contributed by atoms with Crippen LogP contribution in [0.2, 0.25) is 0 Å². The molecule has 0 amide bonds. The van der Waals surface area contributed by atoms with Gasteiger partial charge in [-0.15, -0.1) is 0 Å². The van der Waals surface area contributed by atoms with Crippen LogP contribution in [0.1, 0.15) is 12.8 Å². The molecule has 10 nitrogen and oxygen atoms in total. The molecule has 1 fully saturated rings. The summed E-state index contributed by atoms with van der Waals surface area (Å²) in [6.07, 6.45) is 3.77. The van der Waals surface area contributed by atoms with E-state index in [1.165, 1.54) is 18.5 Å². The van der Waals surface area contributed by atoms with E-state index in [4.69, 9.17) is 14.6 Å². The molecular formula is C30H31F2N5O5S. The Kier molecular flexibility index (Phi) is 10.6. The molecule has 1 saturated heterocycles. The van der Waals surface area contributed by atoms with Crippen LogP contribution in [0.25, 0.3) is 11.3 Å². The van der Waals surface area contributed by atoms with Gasteiger partial charge in [0.15, 0.2) is 0 Å². The highest BCUT2D eigenvalue weighted by Gasteiger charge is 2.20. The molecule has 1 aliphatic heterocycles. The molecule has 2 heterocycles. The van der Waals surface area contributed by atoms with E-state index in [2.05, 4.69) is 32.0 Å². The molecule has 0 saturated carbocycles. The number of ether oxygens (including phenoxy) is 1. The van der Waals surface area contributed by atoms with Gasteiger partial charge < -0.3 is 20.1 Å². The summed E-state index contributed by atoms with van der Waals surface area (Å²) in [6, 6.07) is 18.2. The number of hydrogen-bond acceptors (Lipinski definition) is 8. The second-order valence-electron chi connectivity index (χ2n) is 9.86. The molecule has 4 aromatic rings. The first kappa shape index (κ1) is 31.3. The lowest BCUT2D eigenvalue weighted by molar-refractivity contribution is -0.122. The third-order valence-electron chi connectivity index (χ3n) is 6.73. The smallest absolute Gasteiger partial charge is 0.290 e. The van der Waals surface area contributed by atoms with E-state index in [0.717, 1.165) is 61.7 Å². The predicted octanol–water partition coefficient (Wildman–Crippen LogP) is 5.39. The summed E-state index contributed by atoms with van der Waals surface area (Å²) in [7, 11) is -2.08. The summed E-state index contributed by atoms with van der Waals surface area (Å²) in [5.41, 5.74) is 2.51. The molecule has 3 N–H and O–H groups in total. The molecule has 13 heteroatoms. The molecule has 0 aliphatic carbocycles. The normalized spacial score (nSPS) is 13.8. The number of hydrogen-bond donors (Lipinski definition) is 3. The monoisotopic (exact) mass is 611 g/mol. The van der Waals surface area contributed by atoms with Crippen LogP contribution in [-0.4, -0.2) is 61.6 Å². The van der Waals surface area contributed by atoms with Gasteiger partial charge in [-0.2, -0.15) is 0 Å². The Balaban J connectivity index is 0.00000135. The second kappa shape index (κ2) is 14.5. The zero-order chi connectivity index (χ0) is 30.8. The summed E-state index contributed by atoms with van der Waals surface area (Å²) >= 11 is 0. The van der Waals surface area contributed by atoms with Gasteiger partial charge in [0.25, 0.3) is 16.5 Å². The zero-order valence-electron chi connectivity index (χ0n) is 23.3. The van der Waals surface area contributed by atoms with Crippen LogP contribution < -0.4 is 14.8 Å². The lowest BCUT2D eigenvalue weighted by atomic mass is 9.98. The Morgan fingerprint density at radius 2 is 1.63 bits per heavy atom. The molecule has 1 aromatic heterocycles. The van der Waals surface area contributed by atoms with E-state index in [1.54, 1.807) is 12.1 Å². The molecule has 1 aliphatic rings. The summed E-state index contributed by atoms with van der Waals surface area (Å²) in [5.74, 6) is -0.0648. The van der Waals surface area contributed by atoms with E-state index in [9.17, 15) is 17.2 Å². The Labute approximate surface area is 248 Å². The number of benzene rings is 3. The van der Waals surface area contributed by atoms with Crippen molar-refractivity contribution in [2.75, 3.05) is 36.8 Å². The number of rotatable bonds is 9. The van der Waals surface area contributed by atoms with E-state index in [1.807, 2.05) is 30.3 Å². The second-order valence-corrected chi connectivity index (χ2v) is 11.5. The highest BCUT2D eigenvalue weighted by Crippen LogP contribution is 2.26. The molecule has 0 spiro atoms. The maximum absolute atomic E-state index is 14.0. The van der Waals surface area contributed by atoms with Gasteiger partial charge in [0.05, 0.1) is 12.3 Å². The van der Waals surface area contributed by atoms with E-state index < -0.39 is 26.6 Å². The Hall–Kier alpha value is -4.62. The van der Waals surface area contributed by atoms with Crippen molar-refractivity contribution in [2.24, 2.45) is 5.92 Å². The van der Waals surface area contributed by atoms with Crippen LogP contribution >= 0.6 is 0 Å². The first-order valence-corrected chi connectivity index (χ1v) is 14.8. The van der Waals surface area contributed by atoms with Crippen LogP contribution in [0.3, 0.4) is 0 Å².